The topological polar surface area (TPSA) is 46.1 Å². The summed E-state index contributed by atoms with van der Waals surface area (Å²) in [5.41, 5.74) is 3.16. The highest BCUT2D eigenvalue weighted by atomic mass is 32.2. The predicted molar refractivity (Wildman–Crippen MR) is 172 cm³/mol. The van der Waals surface area contributed by atoms with E-state index in [1.54, 1.807) is 0 Å². The predicted octanol–water partition coefficient (Wildman–Crippen LogP) is 9.76. The molecule has 0 bridgehead atoms. The van der Waals surface area contributed by atoms with Gasteiger partial charge in [0.05, 0.1) is 0 Å². The molecule has 1 amide bonds. The average molecular weight is 542 g/mol. The maximum absolute atomic E-state index is 12.7. The third kappa shape index (κ3) is 11.8. The number of carbonyl (C=O) groups excluding carboxylic acids is 1. The van der Waals surface area contributed by atoms with Crippen LogP contribution in [0.5, 0.6) is 0 Å². The van der Waals surface area contributed by atoms with Crippen LogP contribution in [0.2, 0.25) is 0 Å². The zero-order valence-electron chi connectivity index (χ0n) is 25.2. The summed E-state index contributed by atoms with van der Waals surface area (Å²) >= 11 is 1.87. The van der Waals surface area contributed by atoms with Crippen molar-refractivity contribution in [3.63, 3.8) is 0 Å². The molecule has 2 N–H and O–H groups in total. The first-order valence-electron chi connectivity index (χ1n) is 15.3. The molecule has 0 atom stereocenters. The van der Waals surface area contributed by atoms with Gasteiger partial charge >= 0.3 is 0 Å². The van der Waals surface area contributed by atoms with E-state index in [0.717, 1.165) is 49.8 Å². The Morgan fingerprint density at radius 3 is 2.13 bits per heavy atom. The van der Waals surface area contributed by atoms with Gasteiger partial charge in [0, 0.05) is 52.8 Å². The lowest BCUT2D eigenvalue weighted by molar-refractivity contribution is 0.0953. The fourth-order valence-corrected chi connectivity index (χ4v) is 5.22. The number of fused-ring (bicyclic) bond motifs is 3. The molecule has 1 aromatic heterocycles. The normalized spacial score (nSPS) is 10.6. The molecule has 0 saturated carbocycles. The van der Waals surface area contributed by atoms with E-state index in [0.29, 0.717) is 0 Å². The van der Waals surface area contributed by atoms with Crippen LogP contribution in [-0.4, -0.2) is 29.3 Å². The second-order valence-electron chi connectivity index (χ2n) is 9.53. The monoisotopic (exact) mass is 541 g/mol. The lowest BCUT2D eigenvalue weighted by Gasteiger charge is -2.07. The fourth-order valence-electron chi connectivity index (χ4n) is 4.44. The molecule has 3 aromatic rings. The summed E-state index contributed by atoms with van der Waals surface area (Å²) in [5.74, 6) is 1.24. The number of aryl methyl sites for hydroxylation is 1. The first-order chi connectivity index (χ1) is 18.7. The van der Waals surface area contributed by atoms with Crippen LogP contribution in [0.1, 0.15) is 116 Å². The van der Waals surface area contributed by atoms with Gasteiger partial charge in [-0.25, -0.2) is 0 Å². The molecule has 3 rings (SSSR count). The van der Waals surface area contributed by atoms with E-state index in [9.17, 15) is 4.79 Å². The first-order valence-corrected chi connectivity index (χ1v) is 16.3. The molecule has 0 saturated heterocycles. The Morgan fingerprint density at radius 1 is 0.763 bits per heavy atom. The number of carbonyl (C=O) groups is 1. The van der Waals surface area contributed by atoms with Gasteiger partial charge in [-0.15, -0.1) is 0 Å². The van der Waals surface area contributed by atoms with Gasteiger partial charge in [0.1, 0.15) is 0 Å². The zero-order valence-corrected chi connectivity index (χ0v) is 26.0. The molecule has 0 radical (unpaired) electrons. The van der Waals surface area contributed by atoms with Crippen LogP contribution in [0.25, 0.3) is 21.8 Å². The number of aromatic nitrogens is 1. The minimum absolute atomic E-state index is 0.0258. The van der Waals surface area contributed by atoms with Crippen LogP contribution in [0.3, 0.4) is 0 Å². The van der Waals surface area contributed by atoms with Gasteiger partial charge < -0.3 is 9.88 Å². The summed E-state index contributed by atoms with van der Waals surface area (Å²) in [7, 11) is 0. The minimum Gasteiger partial charge on any atom is -0.352 e. The van der Waals surface area contributed by atoms with Crippen molar-refractivity contribution in [2.24, 2.45) is 0 Å². The molecule has 0 fully saturated rings. The number of unbranched alkanes of at least 4 members (excludes halogenated alkanes) is 7. The van der Waals surface area contributed by atoms with Crippen molar-refractivity contribution in [3.8, 4) is 0 Å². The Morgan fingerprint density at radius 2 is 1.39 bits per heavy atom. The Kier molecular flexibility index (Phi) is 19.6. The number of benzene rings is 2. The third-order valence-electron chi connectivity index (χ3n) is 6.29. The van der Waals surface area contributed by atoms with Crippen molar-refractivity contribution in [2.45, 2.75) is 112 Å². The number of nitrogens with one attached hydrogen (secondary N) is 2. The maximum atomic E-state index is 12.7. The lowest BCUT2D eigenvalue weighted by atomic mass is 10.1. The maximum Gasteiger partial charge on any atom is 0.251 e. The number of hydrogen-bond acceptors (Lipinski definition) is 3. The van der Waals surface area contributed by atoms with Crippen molar-refractivity contribution in [3.05, 3.63) is 48.0 Å². The van der Waals surface area contributed by atoms with Gasteiger partial charge in [-0.1, -0.05) is 110 Å². The second kappa shape index (κ2) is 21.9. The van der Waals surface area contributed by atoms with Crippen molar-refractivity contribution in [1.29, 1.82) is 0 Å². The van der Waals surface area contributed by atoms with E-state index in [4.69, 9.17) is 0 Å². The summed E-state index contributed by atoms with van der Waals surface area (Å²) in [6.45, 7) is 15.4. The van der Waals surface area contributed by atoms with Crippen LogP contribution >= 0.6 is 11.9 Å². The summed E-state index contributed by atoms with van der Waals surface area (Å²) in [6, 6.07) is 14.5. The molecule has 2 aromatic carbocycles. The summed E-state index contributed by atoms with van der Waals surface area (Å²) in [5, 5.41) is 5.47. The molecule has 0 aliphatic heterocycles. The van der Waals surface area contributed by atoms with E-state index < -0.39 is 0 Å². The molecule has 1 heterocycles. The highest BCUT2D eigenvalue weighted by Gasteiger charge is 2.12. The number of para-hydroxylation sites is 1. The van der Waals surface area contributed by atoms with E-state index in [1.165, 1.54) is 67.1 Å². The lowest BCUT2D eigenvalue weighted by Crippen LogP contribution is -2.24. The van der Waals surface area contributed by atoms with Crippen molar-refractivity contribution < 1.29 is 4.79 Å². The Labute approximate surface area is 237 Å². The standard InChI is InChI=1S/C28H41N3OS.C3H8.C2H6/c1-3-5-6-7-8-14-21-33-30-20-13-9-12-19-29-28(32)23-17-18-27-25(22-23)24-15-10-11-16-26(24)31(27)4-2;1-3-2;1-2/h10-11,15-18,22,30H,3-9,12-14,19-21H2,1-2H3,(H,29,32);3H2,1-2H3;1-2H3. The highest BCUT2D eigenvalue weighted by Crippen LogP contribution is 2.29. The number of nitrogens with zero attached hydrogens (tertiary/aromatic N) is 1. The second-order valence-corrected chi connectivity index (χ2v) is 10.5. The number of rotatable bonds is 16. The molecular formula is C33H55N3OS. The molecule has 0 unspecified atom stereocenters. The Bertz CT molecular complexity index is 1010. The van der Waals surface area contributed by atoms with E-state index in [2.05, 4.69) is 72.6 Å². The van der Waals surface area contributed by atoms with Crippen LogP contribution in [0.15, 0.2) is 42.5 Å². The van der Waals surface area contributed by atoms with Crippen LogP contribution in [-0.2, 0) is 6.54 Å². The molecule has 214 valence electrons. The first kappa shape index (κ1) is 34.0. The molecule has 38 heavy (non-hydrogen) atoms. The SMILES string of the molecule is CC.CCC.CCCCCCCCSNCCCCCNC(=O)c1ccc2c(c1)c1ccccc1n2CC. The molecule has 0 spiro atoms. The van der Waals surface area contributed by atoms with E-state index >= 15 is 0 Å². The zero-order chi connectivity index (χ0) is 28.0. The van der Waals surface area contributed by atoms with Crippen LogP contribution in [0, 0.1) is 0 Å². The van der Waals surface area contributed by atoms with Crippen molar-refractivity contribution >= 4 is 39.7 Å². The Balaban J connectivity index is 0.00000135. The summed E-state index contributed by atoms with van der Waals surface area (Å²) < 4.78 is 5.79. The van der Waals surface area contributed by atoms with Crippen molar-refractivity contribution in [1.82, 2.24) is 14.6 Å². The van der Waals surface area contributed by atoms with Crippen LogP contribution in [0.4, 0.5) is 0 Å². The average Bonchev–Trinajstić information content (AvgIpc) is 3.27. The minimum atomic E-state index is 0.0258. The Hall–Kier alpha value is -1.98. The number of amides is 1. The quantitative estimate of drug-likeness (QED) is 0.140. The fraction of sp³-hybridized carbons (Fsp3) is 0.606. The van der Waals surface area contributed by atoms with Gasteiger partial charge in [0.2, 0.25) is 0 Å². The molecular weight excluding hydrogens is 486 g/mol. The number of hydrogen-bond donors (Lipinski definition) is 2. The van der Waals surface area contributed by atoms with E-state index in [1.807, 2.05) is 37.9 Å². The molecule has 0 aliphatic carbocycles. The van der Waals surface area contributed by atoms with Gasteiger partial charge in [-0.2, -0.15) is 0 Å². The van der Waals surface area contributed by atoms with Gasteiger partial charge in [0.15, 0.2) is 0 Å². The summed E-state index contributed by atoms with van der Waals surface area (Å²) in [4.78, 5) is 12.7. The van der Waals surface area contributed by atoms with Crippen LogP contribution < -0.4 is 10.0 Å². The molecule has 5 heteroatoms. The smallest absolute Gasteiger partial charge is 0.251 e. The van der Waals surface area contributed by atoms with Gasteiger partial charge in [0.25, 0.3) is 5.91 Å². The van der Waals surface area contributed by atoms with E-state index in [-0.39, 0.29) is 5.91 Å². The highest BCUT2D eigenvalue weighted by molar-refractivity contribution is 7.97. The molecule has 0 aliphatic rings. The summed E-state index contributed by atoms with van der Waals surface area (Å²) in [6.07, 6.45) is 12.7. The largest absolute Gasteiger partial charge is 0.352 e. The van der Waals surface area contributed by atoms with Gasteiger partial charge in [-0.05, 0) is 50.5 Å². The molecule has 4 nitrogen and oxygen atoms in total. The van der Waals surface area contributed by atoms with Gasteiger partial charge in [-0.3, -0.25) is 9.52 Å². The third-order valence-corrected chi connectivity index (χ3v) is 7.20. The van der Waals surface area contributed by atoms with Crippen molar-refractivity contribution in [2.75, 3.05) is 18.8 Å².